The summed E-state index contributed by atoms with van der Waals surface area (Å²) in [5.41, 5.74) is 5.90. The van der Waals surface area contributed by atoms with E-state index >= 15 is 0 Å². The van der Waals surface area contributed by atoms with E-state index in [0.717, 1.165) is 78.2 Å². The number of pyridine rings is 1. The molecule has 50 heavy (non-hydrogen) atoms. The molecule has 4 aromatic rings. The summed E-state index contributed by atoms with van der Waals surface area (Å²) in [5.74, 6) is 0.141. The minimum atomic E-state index is -1.15. The molecule has 0 saturated carbocycles. The van der Waals surface area contributed by atoms with E-state index in [0.29, 0.717) is 16.9 Å². The van der Waals surface area contributed by atoms with Gasteiger partial charge in [0, 0.05) is 36.0 Å². The lowest BCUT2D eigenvalue weighted by Gasteiger charge is -2.40. The molecule has 2 unspecified atom stereocenters. The van der Waals surface area contributed by atoms with Crippen molar-refractivity contribution in [2.45, 2.75) is 125 Å². The highest BCUT2D eigenvalue weighted by atomic mass is 19.1. The number of imidazole rings is 1. The van der Waals surface area contributed by atoms with Gasteiger partial charge in [-0.15, -0.1) is 0 Å². The van der Waals surface area contributed by atoms with Crippen LogP contribution in [0.1, 0.15) is 116 Å². The second-order valence-electron chi connectivity index (χ2n) is 15.9. The molecule has 0 amide bonds. The van der Waals surface area contributed by atoms with Crippen LogP contribution in [0.15, 0.2) is 48.7 Å². The molecule has 1 aliphatic heterocycles. The molecule has 3 heterocycles. The van der Waals surface area contributed by atoms with Gasteiger partial charge < -0.3 is 19.5 Å². The van der Waals surface area contributed by atoms with Gasteiger partial charge in [0.1, 0.15) is 23.0 Å². The molecule has 2 aromatic carbocycles. The first-order chi connectivity index (χ1) is 23.6. The third kappa shape index (κ3) is 8.51. The number of carbonyl (C=O) groups is 1. The van der Waals surface area contributed by atoms with Gasteiger partial charge in [-0.05, 0) is 114 Å². The Labute approximate surface area is 297 Å². The van der Waals surface area contributed by atoms with Crippen LogP contribution >= 0.6 is 0 Å². The second-order valence-corrected chi connectivity index (χ2v) is 15.9. The molecule has 0 aliphatic carbocycles. The fraction of sp³-hybridized carbons (Fsp3) is 0.524. The van der Waals surface area contributed by atoms with Gasteiger partial charge in [0.2, 0.25) is 0 Å². The summed E-state index contributed by atoms with van der Waals surface area (Å²) in [5, 5.41) is 10.6. The summed E-state index contributed by atoms with van der Waals surface area (Å²) in [4.78, 5) is 20.4. The van der Waals surface area contributed by atoms with Crippen LogP contribution in [-0.4, -0.2) is 45.3 Å². The third-order valence-electron chi connectivity index (χ3n) is 10.1. The van der Waals surface area contributed by atoms with Crippen LogP contribution in [-0.2, 0) is 9.53 Å². The summed E-state index contributed by atoms with van der Waals surface area (Å²) in [6.07, 6.45) is 8.46. The Hall–Kier alpha value is -3.91. The highest BCUT2D eigenvalue weighted by Gasteiger charge is 2.36. The van der Waals surface area contributed by atoms with Gasteiger partial charge in [-0.25, -0.2) is 14.2 Å². The smallest absolute Gasteiger partial charge is 0.337 e. The molecule has 270 valence electrons. The van der Waals surface area contributed by atoms with Crippen molar-refractivity contribution in [3.8, 4) is 28.1 Å². The van der Waals surface area contributed by atoms with Crippen molar-refractivity contribution in [3.05, 3.63) is 71.2 Å². The van der Waals surface area contributed by atoms with Crippen molar-refractivity contribution in [1.82, 2.24) is 9.38 Å². The molecule has 1 saturated heterocycles. The lowest BCUT2D eigenvalue weighted by molar-refractivity contribution is -0.160. The maximum Gasteiger partial charge on any atom is 0.337 e. The highest BCUT2D eigenvalue weighted by Crippen LogP contribution is 2.42. The number of carboxylic acid groups (broad SMARTS) is 1. The number of aliphatic carboxylic acids is 1. The quantitative estimate of drug-likeness (QED) is 0.141. The first-order valence-electron chi connectivity index (χ1n) is 18.3. The molecule has 1 N–H and O–H groups in total. The standard InChI is InChI=1S/C42H56FN3O4/c1-10-11-12-13-15-27(2)49-35-19-18-32(43)25-33(35)30-16-14-17-31(24-30)34-26-46-38(44-34)29(4)28(3)36(37(40(47)48)50-41(5,6)7)39(46)45-22-20-42(8,9)21-23-45/h14,16-19,24-27,37H,10-13,15,20-23H2,1-9H3,(H,47,48). The van der Waals surface area contributed by atoms with E-state index in [4.69, 9.17) is 14.5 Å². The number of fused-ring (bicyclic) bond motifs is 1. The highest BCUT2D eigenvalue weighted by molar-refractivity contribution is 5.81. The van der Waals surface area contributed by atoms with Gasteiger partial charge in [0.05, 0.1) is 17.4 Å². The Morgan fingerprint density at radius 2 is 1.72 bits per heavy atom. The second kappa shape index (κ2) is 15.1. The van der Waals surface area contributed by atoms with Crippen LogP contribution in [0, 0.1) is 25.1 Å². The van der Waals surface area contributed by atoms with Crippen molar-refractivity contribution in [2.75, 3.05) is 18.0 Å². The molecule has 1 fully saturated rings. The Morgan fingerprint density at radius 1 is 1.02 bits per heavy atom. The summed E-state index contributed by atoms with van der Waals surface area (Å²) in [6, 6.07) is 12.7. The monoisotopic (exact) mass is 685 g/mol. The van der Waals surface area contributed by atoms with Crippen molar-refractivity contribution < 1.29 is 23.8 Å². The Kier molecular flexibility index (Phi) is 11.3. The number of benzene rings is 2. The largest absolute Gasteiger partial charge is 0.490 e. The number of halogens is 1. The number of unbranched alkanes of at least 4 members (excludes halogenated alkanes) is 3. The van der Waals surface area contributed by atoms with Crippen LogP contribution in [0.5, 0.6) is 5.75 Å². The normalized spacial score (nSPS) is 16.1. The van der Waals surface area contributed by atoms with Crippen molar-refractivity contribution in [1.29, 1.82) is 0 Å². The lowest BCUT2D eigenvalue weighted by Crippen LogP contribution is -2.40. The zero-order valence-electron chi connectivity index (χ0n) is 31.5. The molecule has 0 spiro atoms. The Morgan fingerprint density at radius 3 is 2.38 bits per heavy atom. The predicted octanol–water partition coefficient (Wildman–Crippen LogP) is 10.7. The summed E-state index contributed by atoms with van der Waals surface area (Å²) < 4.78 is 29.4. The molecule has 5 rings (SSSR count). The van der Waals surface area contributed by atoms with Crippen LogP contribution in [0.4, 0.5) is 10.2 Å². The number of hydrogen-bond acceptors (Lipinski definition) is 5. The number of aryl methyl sites for hydroxylation is 1. The SMILES string of the molecule is CCCCCCC(C)Oc1ccc(F)cc1-c1cccc(-c2cn3c(N4CCC(C)(C)CC4)c(C(OC(C)(C)C)C(=O)O)c(C)c(C)c3n2)c1. The zero-order valence-corrected chi connectivity index (χ0v) is 31.5. The van der Waals surface area contributed by atoms with Gasteiger partial charge in [0.15, 0.2) is 6.10 Å². The average molecular weight is 686 g/mol. The van der Waals surface area contributed by atoms with Gasteiger partial charge in [-0.1, -0.05) is 58.2 Å². The van der Waals surface area contributed by atoms with E-state index in [1.165, 1.54) is 25.3 Å². The van der Waals surface area contributed by atoms with Crippen LogP contribution < -0.4 is 9.64 Å². The zero-order chi connectivity index (χ0) is 36.4. The number of anilines is 1. The van der Waals surface area contributed by atoms with Gasteiger partial charge in [-0.3, -0.25) is 4.40 Å². The molecule has 0 radical (unpaired) electrons. The van der Waals surface area contributed by atoms with Crippen LogP contribution in [0.2, 0.25) is 0 Å². The number of hydrogen-bond donors (Lipinski definition) is 1. The van der Waals surface area contributed by atoms with Gasteiger partial charge >= 0.3 is 5.97 Å². The van der Waals surface area contributed by atoms with E-state index in [1.807, 2.05) is 65.1 Å². The fourth-order valence-corrected chi connectivity index (χ4v) is 6.97. The third-order valence-corrected chi connectivity index (χ3v) is 10.1. The minimum absolute atomic E-state index is 0.00812. The molecular weight excluding hydrogens is 629 g/mol. The number of aromatic nitrogens is 2. The Bertz CT molecular complexity index is 1810. The van der Waals surface area contributed by atoms with Crippen LogP contribution in [0.25, 0.3) is 28.0 Å². The van der Waals surface area contributed by atoms with Gasteiger partial charge in [0.25, 0.3) is 0 Å². The topological polar surface area (TPSA) is 76.3 Å². The van der Waals surface area contributed by atoms with Crippen molar-refractivity contribution in [3.63, 3.8) is 0 Å². The van der Waals surface area contributed by atoms with E-state index < -0.39 is 17.7 Å². The maximum absolute atomic E-state index is 14.7. The van der Waals surface area contributed by atoms with Crippen LogP contribution in [0.3, 0.4) is 0 Å². The first-order valence-corrected chi connectivity index (χ1v) is 18.3. The van der Waals surface area contributed by atoms with Crippen molar-refractivity contribution in [2.24, 2.45) is 5.41 Å². The van der Waals surface area contributed by atoms with E-state index in [9.17, 15) is 14.3 Å². The summed E-state index contributed by atoms with van der Waals surface area (Å²) >= 11 is 0. The van der Waals surface area contributed by atoms with Crippen molar-refractivity contribution >= 4 is 17.4 Å². The average Bonchev–Trinajstić information content (AvgIpc) is 3.50. The number of carboxylic acids is 1. The maximum atomic E-state index is 14.7. The Balaban J connectivity index is 1.61. The molecular formula is C42H56FN3O4. The van der Waals surface area contributed by atoms with E-state index in [-0.39, 0.29) is 17.3 Å². The fourth-order valence-electron chi connectivity index (χ4n) is 6.97. The summed E-state index contributed by atoms with van der Waals surface area (Å²) in [7, 11) is 0. The number of ether oxygens (including phenoxy) is 2. The first kappa shape index (κ1) is 37.3. The van der Waals surface area contributed by atoms with E-state index in [1.54, 1.807) is 12.1 Å². The van der Waals surface area contributed by atoms with E-state index in [2.05, 4.69) is 37.0 Å². The molecule has 2 aromatic heterocycles. The molecule has 0 bridgehead atoms. The molecule has 7 nitrogen and oxygen atoms in total. The number of rotatable bonds is 13. The molecule has 1 aliphatic rings. The summed E-state index contributed by atoms with van der Waals surface area (Å²) in [6.45, 7) is 20.1. The number of nitrogens with zero attached hydrogens (tertiary/aromatic N) is 3. The minimum Gasteiger partial charge on any atom is -0.490 e. The number of piperidine rings is 1. The van der Waals surface area contributed by atoms with Gasteiger partial charge in [-0.2, -0.15) is 0 Å². The molecule has 2 atom stereocenters. The lowest BCUT2D eigenvalue weighted by atomic mass is 9.82. The predicted molar refractivity (Wildman–Crippen MR) is 201 cm³/mol. The molecule has 8 heteroatoms.